The molecule has 8 heteroatoms. The lowest BCUT2D eigenvalue weighted by Crippen LogP contribution is -2.18. The van der Waals surface area contributed by atoms with Crippen molar-refractivity contribution in [2.24, 2.45) is 0 Å². The molecule has 2 N–H and O–H groups in total. The molecule has 0 spiro atoms. The highest BCUT2D eigenvalue weighted by molar-refractivity contribution is 6.36. The molecule has 0 radical (unpaired) electrons. The second-order valence-electron chi connectivity index (χ2n) is 5.85. The number of aromatic nitrogens is 2. The Morgan fingerprint density at radius 1 is 1.20 bits per heavy atom. The van der Waals surface area contributed by atoms with Gasteiger partial charge in [0.15, 0.2) is 0 Å². The van der Waals surface area contributed by atoms with E-state index < -0.39 is 0 Å². The van der Waals surface area contributed by atoms with Gasteiger partial charge < -0.3 is 15.5 Å². The molecule has 0 saturated carbocycles. The molecular weight excluding hydrogens is 361 g/mol. The normalized spacial score (nSPS) is 10.8. The van der Waals surface area contributed by atoms with E-state index in [1.807, 2.05) is 14.1 Å². The summed E-state index contributed by atoms with van der Waals surface area (Å²) in [5.41, 5.74) is 0.751. The predicted molar refractivity (Wildman–Crippen MR) is 103 cm³/mol. The highest BCUT2D eigenvalue weighted by atomic mass is 35.5. The third-order valence-corrected chi connectivity index (χ3v) is 3.89. The summed E-state index contributed by atoms with van der Waals surface area (Å²) in [6.45, 7) is 3.48. The van der Waals surface area contributed by atoms with E-state index in [0.717, 1.165) is 19.5 Å². The molecule has 0 atom stereocenters. The monoisotopic (exact) mass is 381 g/mol. The van der Waals surface area contributed by atoms with Gasteiger partial charge in [-0.2, -0.15) is 0 Å². The maximum atomic E-state index is 12.4. The molecule has 0 aliphatic heterocycles. The van der Waals surface area contributed by atoms with Crippen molar-refractivity contribution in [3.05, 3.63) is 45.8 Å². The van der Waals surface area contributed by atoms with Crippen LogP contribution in [0.25, 0.3) is 0 Å². The standard InChI is InChI=1S/C17H21Cl2N5O/c1-11-21-15(10-16(22-11)20-7-4-8-24(2)3)17(25)23-14-6-5-12(18)9-13(14)19/h5-6,9-10H,4,7-8H2,1-3H3,(H,23,25)(H,20,21,22). The van der Waals surface area contributed by atoms with Crippen LogP contribution in [0.3, 0.4) is 0 Å². The molecule has 0 aliphatic rings. The average molecular weight is 382 g/mol. The first kappa shape index (κ1) is 19.4. The quantitative estimate of drug-likeness (QED) is 0.715. The minimum Gasteiger partial charge on any atom is -0.370 e. The van der Waals surface area contributed by atoms with E-state index in [1.165, 1.54) is 0 Å². The van der Waals surface area contributed by atoms with Crippen molar-refractivity contribution in [2.45, 2.75) is 13.3 Å². The van der Waals surface area contributed by atoms with Gasteiger partial charge in [-0.05, 0) is 52.2 Å². The summed E-state index contributed by atoms with van der Waals surface area (Å²) in [5.74, 6) is 0.787. The van der Waals surface area contributed by atoms with Crippen molar-refractivity contribution in [3.8, 4) is 0 Å². The molecular formula is C17H21Cl2N5O. The minimum atomic E-state index is -0.355. The van der Waals surface area contributed by atoms with Crippen molar-refractivity contribution >= 4 is 40.6 Å². The van der Waals surface area contributed by atoms with Gasteiger partial charge in [0.25, 0.3) is 5.91 Å². The Labute approximate surface area is 157 Å². The van der Waals surface area contributed by atoms with Gasteiger partial charge in [0.2, 0.25) is 0 Å². The molecule has 6 nitrogen and oxygen atoms in total. The van der Waals surface area contributed by atoms with Crippen LogP contribution in [-0.2, 0) is 0 Å². The van der Waals surface area contributed by atoms with E-state index in [1.54, 1.807) is 31.2 Å². The number of nitrogens with one attached hydrogen (secondary N) is 2. The van der Waals surface area contributed by atoms with Gasteiger partial charge >= 0.3 is 0 Å². The maximum Gasteiger partial charge on any atom is 0.274 e. The lowest BCUT2D eigenvalue weighted by atomic mass is 10.3. The lowest BCUT2D eigenvalue weighted by molar-refractivity contribution is 0.102. The molecule has 0 unspecified atom stereocenters. The SMILES string of the molecule is Cc1nc(NCCCN(C)C)cc(C(=O)Nc2ccc(Cl)cc2Cl)n1. The fourth-order valence-corrected chi connectivity index (χ4v) is 2.62. The summed E-state index contributed by atoms with van der Waals surface area (Å²) in [6.07, 6.45) is 0.970. The van der Waals surface area contributed by atoms with Crippen LogP contribution < -0.4 is 10.6 Å². The average Bonchev–Trinajstić information content (AvgIpc) is 2.53. The van der Waals surface area contributed by atoms with Gasteiger partial charge in [-0.15, -0.1) is 0 Å². The fourth-order valence-electron chi connectivity index (χ4n) is 2.16. The zero-order valence-electron chi connectivity index (χ0n) is 14.4. The van der Waals surface area contributed by atoms with Gasteiger partial charge in [-0.3, -0.25) is 4.79 Å². The van der Waals surface area contributed by atoms with Crippen LogP contribution in [0.15, 0.2) is 24.3 Å². The van der Waals surface area contributed by atoms with Crippen molar-refractivity contribution in [1.82, 2.24) is 14.9 Å². The Hall–Kier alpha value is -1.89. The van der Waals surface area contributed by atoms with Crippen LogP contribution in [0.4, 0.5) is 11.5 Å². The number of halogens is 2. The predicted octanol–water partition coefficient (Wildman–Crippen LogP) is 3.71. The van der Waals surface area contributed by atoms with Crippen molar-refractivity contribution in [2.75, 3.05) is 37.8 Å². The summed E-state index contributed by atoms with van der Waals surface area (Å²) in [4.78, 5) is 23.1. The number of hydrogen-bond acceptors (Lipinski definition) is 5. The Kier molecular flexibility index (Phi) is 6.99. The van der Waals surface area contributed by atoms with E-state index in [0.29, 0.717) is 27.4 Å². The van der Waals surface area contributed by atoms with Crippen LogP contribution in [0.5, 0.6) is 0 Å². The Morgan fingerprint density at radius 3 is 2.64 bits per heavy atom. The topological polar surface area (TPSA) is 70.2 Å². The van der Waals surface area contributed by atoms with Crippen LogP contribution in [-0.4, -0.2) is 48.0 Å². The molecule has 25 heavy (non-hydrogen) atoms. The van der Waals surface area contributed by atoms with Gasteiger partial charge in [-0.25, -0.2) is 9.97 Å². The van der Waals surface area contributed by atoms with Crippen LogP contribution >= 0.6 is 23.2 Å². The molecule has 1 heterocycles. The summed E-state index contributed by atoms with van der Waals surface area (Å²) in [6, 6.07) is 6.51. The van der Waals surface area contributed by atoms with Crippen LogP contribution in [0, 0.1) is 6.92 Å². The smallest absolute Gasteiger partial charge is 0.274 e. The molecule has 0 saturated heterocycles. The minimum absolute atomic E-state index is 0.272. The summed E-state index contributed by atoms with van der Waals surface area (Å²) >= 11 is 11.9. The van der Waals surface area contributed by atoms with E-state index in [-0.39, 0.29) is 11.6 Å². The number of carbonyl (C=O) groups excluding carboxylic acids is 1. The maximum absolute atomic E-state index is 12.4. The number of nitrogens with zero attached hydrogens (tertiary/aromatic N) is 3. The zero-order chi connectivity index (χ0) is 18.4. The van der Waals surface area contributed by atoms with Crippen molar-refractivity contribution in [1.29, 1.82) is 0 Å². The van der Waals surface area contributed by atoms with Gasteiger partial charge in [0, 0.05) is 17.6 Å². The zero-order valence-corrected chi connectivity index (χ0v) is 15.9. The molecule has 1 aromatic carbocycles. The van der Waals surface area contributed by atoms with Crippen LogP contribution in [0.1, 0.15) is 22.7 Å². The molecule has 1 aromatic heterocycles. The van der Waals surface area contributed by atoms with E-state index in [4.69, 9.17) is 23.2 Å². The van der Waals surface area contributed by atoms with Crippen molar-refractivity contribution < 1.29 is 4.79 Å². The number of aryl methyl sites for hydroxylation is 1. The second-order valence-corrected chi connectivity index (χ2v) is 6.69. The number of carbonyl (C=O) groups is 1. The largest absolute Gasteiger partial charge is 0.370 e. The molecule has 1 amide bonds. The highest BCUT2D eigenvalue weighted by Crippen LogP contribution is 2.25. The van der Waals surface area contributed by atoms with Crippen molar-refractivity contribution in [3.63, 3.8) is 0 Å². The third-order valence-electron chi connectivity index (χ3n) is 3.34. The number of benzene rings is 1. The molecule has 0 fully saturated rings. The summed E-state index contributed by atoms with van der Waals surface area (Å²) < 4.78 is 0. The summed E-state index contributed by atoms with van der Waals surface area (Å²) in [7, 11) is 4.05. The van der Waals surface area contributed by atoms with E-state index in [2.05, 4.69) is 25.5 Å². The molecule has 0 bridgehead atoms. The van der Waals surface area contributed by atoms with E-state index >= 15 is 0 Å². The first-order valence-corrected chi connectivity index (χ1v) is 8.61. The summed E-state index contributed by atoms with van der Waals surface area (Å²) in [5, 5.41) is 6.83. The third kappa shape index (κ3) is 6.16. The molecule has 2 aromatic rings. The number of hydrogen-bond donors (Lipinski definition) is 2. The van der Waals surface area contributed by atoms with Crippen LogP contribution in [0.2, 0.25) is 10.0 Å². The Bertz CT molecular complexity index is 752. The van der Waals surface area contributed by atoms with E-state index in [9.17, 15) is 4.79 Å². The Balaban J connectivity index is 2.06. The fraction of sp³-hybridized carbons (Fsp3) is 0.353. The lowest BCUT2D eigenvalue weighted by Gasteiger charge is -2.12. The molecule has 2 rings (SSSR count). The highest BCUT2D eigenvalue weighted by Gasteiger charge is 2.12. The number of rotatable bonds is 7. The van der Waals surface area contributed by atoms with Gasteiger partial charge in [0.05, 0.1) is 10.7 Å². The number of anilines is 2. The molecule has 0 aliphatic carbocycles. The number of amides is 1. The molecule has 134 valence electrons. The second kappa shape index (κ2) is 8.99. The van der Waals surface area contributed by atoms with Gasteiger partial charge in [0.1, 0.15) is 17.3 Å². The van der Waals surface area contributed by atoms with Gasteiger partial charge in [-0.1, -0.05) is 23.2 Å². The first-order valence-electron chi connectivity index (χ1n) is 7.86. The first-order chi connectivity index (χ1) is 11.8. The Morgan fingerprint density at radius 2 is 1.96 bits per heavy atom.